The minimum Gasteiger partial charge on any atom is -0.387 e. The Labute approximate surface area is 145 Å². The topological polar surface area (TPSA) is 68.0 Å². The molecule has 0 aromatic carbocycles. The lowest BCUT2D eigenvalue weighted by Gasteiger charge is -2.37. The molecular formula is C17H15F2N3O2S. The molecule has 0 aliphatic heterocycles. The Balaban J connectivity index is 1.65. The Morgan fingerprint density at radius 3 is 2.76 bits per heavy atom. The van der Waals surface area contributed by atoms with Crippen LogP contribution in [0.5, 0.6) is 0 Å². The van der Waals surface area contributed by atoms with Gasteiger partial charge in [0.2, 0.25) is 5.92 Å². The number of hydrogen-bond acceptors (Lipinski definition) is 5. The molecule has 3 aromatic rings. The molecule has 0 saturated heterocycles. The van der Waals surface area contributed by atoms with Crippen LogP contribution in [-0.4, -0.2) is 25.6 Å². The van der Waals surface area contributed by atoms with Gasteiger partial charge in [0.1, 0.15) is 4.83 Å². The van der Waals surface area contributed by atoms with Crippen LogP contribution in [0.15, 0.2) is 35.4 Å². The summed E-state index contributed by atoms with van der Waals surface area (Å²) in [6, 6.07) is 6.78. The molecule has 1 saturated carbocycles. The maximum absolute atomic E-state index is 13.0. The van der Waals surface area contributed by atoms with Crippen LogP contribution in [0.2, 0.25) is 0 Å². The molecule has 0 amide bonds. The fourth-order valence-corrected chi connectivity index (χ4v) is 4.10. The van der Waals surface area contributed by atoms with Gasteiger partial charge in [0.05, 0.1) is 23.8 Å². The highest BCUT2D eigenvalue weighted by molar-refractivity contribution is 7.18. The van der Waals surface area contributed by atoms with Crippen molar-refractivity contribution in [1.29, 1.82) is 0 Å². The first-order chi connectivity index (χ1) is 11.8. The summed E-state index contributed by atoms with van der Waals surface area (Å²) >= 11 is 1.28. The lowest BCUT2D eigenvalue weighted by molar-refractivity contribution is -0.141. The van der Waals surface area contributed by atoms with Gasteiger partial charge in [-0.05, 0) is 18.2 Å². The number of halogens is 2. The second kappa shape index (κ2) is 5.67. The Bertz CT molecular complexity index is 1010. The van der Waals surface area contributed by atoms with Crippen molar-refractivity contribution < 1.29 is 13.9 Å². The number of aliphatic hydroxyl groups is 1. The minimum atomic E-state index is -2.65. The summed E-state index contributed by atoms with van der Waals surface area (Å²) in [6.45, 7) is 0. The first kappa shape index (κ1) is 16.3. The van der Waals surface area contributed by atoms with Gasteiger partial charge in [0.25, 0.3) is 5.56 Å². The van der Waals surface area contributed by atoms with Crippen LogP contribution in [0.25, 0.3) is 21.6 Å². The van der Waals surface area contributed by atoms with Gasteiger partial charge < -0.3 is 9.67 Å². The number of thiophene rings is 1. The summed E-state index contributed by atoms with van der Waals surface area (Å²) in [5.74, 6) is -3.07. The third-order valence-corrected chi connectivity index (χ3v) is 5.62. The van der Waals surface area contributed by atoms with Crippen LogP contribution in [0.1, 0.15) is 23.8 Å². The van der Waals surface area contributed by atoms with E-state index in [0.717, 1.165) is 5.39 Å². The van der Waals surface area contributed by atoms with E-state index >= 15 is 0 Å². The van der Waals surface area contributed by atoms with Gasteiger partial charge in [-0.15, -0.1) is 11.3 Å². The van der Waals surface area contributed by atoms with Crippen LogP contribution >= 0.6 is 11.3 Å². The van der Waals surface area contributed by atoms with E-state index in [2.05, 4.69) is 9.97 Å². The Morgan fingerprint density at radius 1 is 1.32 bits per heavy atom. The van der Waals surface area contributed by atoms with E-state index in [4.69, 9.17) is 0 Å². The number of alkyl halides is 2. The molecule has 1 N–H and O–H groups in total. The summed E-state index contributed by atoms with van der Waals surface area (Å²) in [5, 5.41) is 11.2. The molecule has 1 fully saturated rings. The molecule has 3 aromatic heterocycles. The van der Waals surface area contributed by atoms with Crippen molar-refractivity contribution in [3.63, 3.8) is 0 Å². The maximum atomic E-state index is 13.0. The summed E-state index contributed by atoms with van der Waals surface area (Å²) in [7, 11) is 1.62. The SMILES string of the molecule is Cn1cnc(-c2ccc3cc([C@H](O)C4CC(F)(F)C4)sc3n2)cc1=O. The van der Waals surface area contributed by atoms with E-state index < -0.39 is 17.9 Å². The second-order valence-corrected chi connectivity index (χ2v) is 7.49. The van der Waals surface area contributed by atoms with Crippen LogP contribution in [0.3, 0.4) is 0 Å². The van der Waals surface area contributed by atoms with Gasteiger partial charge in [-0.25, -0.2) is 18.7 Å². The smallest absolute Gasteiger partial charge is 0.253 e. The van der Waals surface area contributed by atoms with Crippen LogP contribution in [0.4, 0.5) is 8.78 Å². The zero-order valence-electron chi connectivity index (χ0n) is 13.3. The Morgan fingerprint density at radius 2 is 2.08 bits per heavy atom. The number of fused-ring (bicyclic) bond motifs is 1. The lowest BCUT2D eigenvalue weighted by atomic mass is 9.77. The number of rotatable bonds is 3. The predicted octanol–water partition coefficient (Wildman–Crippen LogP) is 3.14. The molecule has 1 aliphatic carbocycles. The monoisotopic (exact) mass is 363 g/mol. The van der Waals surface area contributed by atoms with Gasteiger partial charge in [0, 0.05) is 42.1 Å². The van der Waals surface area contributed by atoms with Gasteiger partial charge in [-0.3, -0.25) is 4.79 Å². The van der Waals surface area contributed by atoms with Crippen molar-refractivity contribution in [3.8, 4) is 11.4 Å². The van der Waals surface area contributed by atoms with Crippen LogP contribution in [-0.2, 0) is 7.05 Å². The number of pyridine rings is 1. The number of aromatic nitrogens is 3. The molecule has 8 heteroatoms. The molecule has 0 bridgehead atoms. The van der Waals surface area contributed by atoms with Gasteiger partial charge >= 0.3 is 0 Å². The molecular weight excluding hydrogens is 348 g/mol. The number of nitrogens with zero attached hydrogens (tertiary/aromatic N) is 3. The molecule has 4 rings (SSSR count). The Kier molecular flexibility index (Phi) is 3.69. The largest absolute Gasteiger partial charge is 0.387 e. The van der Waals surface area contributed by atoms with Crippen LogP contribution < -0.4 is 5.56 Å². The molecule has 130 valence electrons. The summed E-state index contributed by atoms with van der Waals surface area (Å²) in [5.41, 5.74) is 0.850. The van der Waals surface area contributed by atoms with Gasteiger partial charge in [-0.2, -0.15) is 0 Å². The van der Waals surface area contributed by atoms with E-state index in [0.29, 0.717) is 21.1 Å². The fraction of sp³-hybridized carbons (Fsp3) is 0.353. The number of aliphatic hydroxyl groups excluding tert-OH is 1. The third kappa shape index (κ3) is 2.96. The molecule has 3 heterocycles. The van der Waals surface area contributed by atoms with Crippen molar-refractivity contribution in [2.45, 2.75) is 24.9 Å². The minimum absolute atomic E-state index is 0.180. The molecule has 0 unspecified atom stereocenters. The standard InChI is InChI=1S/C17H15F2N3O2S/c1-22-8-20-12(5-14(22)23)11-3-2-9-4-13(25-16(9)21-11)15(24)10-6-17(18,19)7-10/h2-5,8,10,15,24H,6-7H2,1H3/t15-/m1/s1. The quantitative estimate of drug-likeness (QED) is 0.776. The van der Waals surface area contributed by atoms with E-state index in [1.54, 1.807) is 19.2 Å². The fourth-order valence-electron chi connectivity index (χ4n) is 2.99. The zero-order valence-corrected chi connectivity index (χ0v) is 14.1. The highest BCUT2D eigenvalue weighted by atomic mass is 32.1. The second-order valence-electron chi connectivity index (χ2n) is 6.43. The highest BCUT2D eigenvalue weighted by Gasteiger charge is 2.48. The number of hydrogen-bond donors (Lipinski definition) is 1. The zero-order chi connectivity index (χ0) is 17.8. The first-order valence-electron chi connectivity index (χ1n) is 7.82. The predicted molar refractivity (Wildman–Crippen MR) is 90.7 cm³/mol. The Hall–Kier alpha value is -2.19. The summed E-state index contributed by atoms with van der Waals surface area (Å²) in [6.07, 6.45) is -0.0231. The molecule has 1 atom stereocenters. The average molecular weight is 363 g/mol. The normalized spacial score (nSPS) is 18.2. The van der Waals surface area contributed by atoms with Crippen molar-refractivity contribution in [1.82, 2.24) is 14.5 Å². The van der Waals surface area contributed by atoms with E-state index in [1.165, 1.54) is 28.3 Å². The van der Waals surface area contributed by atoms with Gasteiger partial charge in [0.15, 0.2) is 0 Å². The van der Waals surface area contributed by atoms with E-state index in [1.807, 2.05) is 6.07 Å². The molecule has 0 radical (unpaired) electrons. The molecule has 5 nitrogen and oxygen atoms in total. The first-order valence-corrected chi connectivity index (χ1v) is 8.63. The summed E-state index contributed by atoms with van der Waals surface area (Å²) in [4.78, 5) is 21.8. The highest BCUT2D eigenvalue weighted by Crippen LogP contribution is 2.49. The molecule has 1 aliphatic rings. The van der Waals surface area contributed by atoms with Crippen molar-refractivity contribution >= 4 is 21.6 Å². The van der Waals surface area contributed by atoms with Crippen molar-refractivity contribution in [2.24, 2.45) is 13.0 Å². The van der Waals surface area contributed by atoms with E-state index in [-0.39, 0.29) is 18.4 Å². The van der Waals surface area contributed by atoms with E-state index in [9.17, 15) is 18.7 Å². The molecule has 0 spiro atoms. The van der Waals surface area contributed by atoms with Crippen LogP contribution in [0, 0.1) is 5.92 Å². The van der Waals surface area contributed by atoms with Gasteiger partial charge in [-0.1, -0.05) is 0 Å². The third-order valence-electron chi connectivity index (χ3n) is 4.50. The molecule has 25 heavy (non-hydrogen) atoms. The van der Waals surface area contributed by atoms with Crippen molar-refractivity contribution in [2.75, 3.05) is 0 Å². The maximum Gasteiger partial charge on any atom is 0.253 e. The number of aryl methyl sites for hydroxylation is 1. The average Bonchev–Trinajstić information content (AvgIpc) is 2.97. The van der Waals surface area contributed by atoms with Crippen molar-refractivity contribution in [3.05, 3.63) is 45.8 Å². The lowest BCUT2D eigenvalue weighted by Crippen LogP contribution is -2.38. The summed E-state index contributed by atoms with van der Waals surface area (Å²) < 4.78 is 27.4.